The number of hydrogen-bond donors (Lipinski definition) is 0. The maximum atomic E-state index is 12.2. The van der Waals surface area contributed by atoms with Gasteiger partial charge in [0.25, 0.3) is 0 Å². The Morgan fingerprint density at radius 1 is 1.53 bits per heavy atom. The van der Waals surface area contributed by atoms with E-state index >= 15 is 0 Å². The number of rotatable bonds is 4. The molecule has 2 nitrogen and oxygen atoms in total. The Hall–Kier alpha value is -0.960. The van der Waals surface area contributed by atoms with Crippen LogP contribution in [-0.2, 0) is 4.79 Å². The lowest BCUT2D eigenvalue weighted by atomic mass is 9.97. The zero-order chi connectivity index (χ0) is 12.3. The fourth-order valence-corrected chi connectivity index (χ4v) is 3.05. The average molecular weight is 250 g/mol. The summed E-state index contributed by atoms with van der Waals surface area (Å²) in [4.78, 5) is 13.3. The van der Waals surface area contributed by atoms with Crippen molar-refractivity contribution in [1.82, 2.24) is 0 Å². The van der Waals surface area contributed by atoms with E-state index in [0.717, 1.165) is 29.2 Å². The summed E-state index contributed by atoms with van der Waals surface area (Å²) < 4.78 is 5.79. The Labute approximate surface area is 107 Å². The molecule has 0 aromatic heterocycles. The molecular formula is C14H18O2S. The Morgan fingerprint density at radius 2 is 2.29 bits per heavy atom. The van der Waals surface area contributed by atoms with Crippen LogP contribution in [0.3, 0.4) is 0 Å². The van der Waals surface area contributed by atoms with Gasteiger partial charge < -0.3 is 4.74 Å². The molecule has 0 saturated carbocycles. The summed E-state index contributed by atoms with van der Waals surface area (Å²) in [6.07, 6.45) is 1.73. The molecule has 1 aliphatic rings. The molecule has 0 radical (unpaired) electrons. The molecule has 0 bridgehead atoms. The van der Waals surface area contributed by atoms with Crippen molar-refractivity contribution in [2.45, 2.75) is 37.7 Å². The summed E-state index contributed by atoms with van der Waals surface area (Å²) in [5.74, 6) is 1.94. The van der Waals surface area contributed by atoms with Gasteiger partial charge in [-0.1, -0.05) is 32.4 Å². The predicted octanol–water partition coefficient (Wildman–Crippen LogP) is 3.55. The van der Waals surface area contributed by atoms with Crippen molar-refractivity contribution in [3.05, 3.63) is 24.3 Å². The third kappa shape index (κ3) is 2.83. The molecule has 1 aromatic rings. The van der Waals surface area contributed by atoms with Gasteiger partial charge in [-0.25, -0.2) is 0 Å². The fourth-order valence-electron chi connectivity index (χ4n) is 2.05. The van der Waals surface area contributed by atoms with Crippen molar-refractivity contribution in [3.8, 4) is 5.75 Å². The second kappa shape index (κ2) is 5.58. The highest BCUT2D eigenvalue weighted by atomic mass is 32.2. The number of ether oxygens (including phenoxy) is 1. The highest BCUT2D eigenvalue weighted by molar-refractivity contribution is 7.99. The van der Waals surface area contributed by atoms with Crippen LogP contribution in [0.2, 0.25) is 0 Å². The Balaban J connectivity index is 2.05. The van der Waals surface area contributed by atoms with Gasteiger partial charge in [-0.3, -0.25) is 4.79 Å². The van der Waals surface area contributed by atoms with Crippen molar-refractivity contribution < 1.29 is 9.53 Å². The van der Waals surface area contributed by atoms with Crippen LogP contribution in [-0.4, -0.2) is 17.6 Å². The molecule has 1 aliphatic heterocycles. The van der Waals surface area contributed by atoms with Crippen LogP contribution >= 0.6 is 11.8 Å². The van der Waals surface area contributed by atoms with Crippen LogP contribution in [0.4, 0.5) is 0 Å². The lowest BCUT2D eigenvalue weighted by Crippen LogP contribution is -2.35. The standard InChI is InChI=1S/C14H18O2S/c1-3-6-10(2)14(15)12-9-17-13-8-5-4-7-11(13)16-12/h4-5,7-8,10,12H,3,6,9H2,1-2H3. The van der Waals surface area contributed by atoms with Crippen LogP contribution in [0.15, 0.2) is 29.2 Å². The van der Waals surface area contributed by atoms with E-state index in [1.807, 2.05) is 31.2 Å². The maximum absolute atomic E-state index is 12.2. The second-order valence-electron chi connectivity index (χ2n) is 4.46. The Kier molecular flexibility index (Phi) is 4.11. The van der Waals surface area contributed by atoms with E-state index in [1.54, 1.807) is 11.8 Å². The molecule has 0 amide bonds. The quantitative estimate of drug-likeness (QED) is 0.817. The molecular weight excluding hydrogens is 232 g/mol. The summed E-state index contributed by atoms with van der Waals surface area (Å²) >= 11 is 1.71. The van der Waals surface area contributed by atoms with E-state index in [4.69, 9.17) is 4.74 Å². The molecule has 3 heteroatoms. The number of Topliss-reactive ketones (excluding diaryl/α,β-unsaturated/α-hetero) is 1. The Morgan fingerprint density at radius 3 is 3.06 bits per heavy atom. The van der Waals surface area contributed by atoms with Gasteiger partial charge in [-0.15, -0.1) is 11.8 Å². The third-order valence-electron chi connectivity index (χ3n) is 3.03. The van der Waals surface area contributed by atoms with Gasteiger partial charge in [0, 0.05) is 16.6 Å². The maximum Gasteiger partial charge on any atom is 0.176 e. The van der Waals surface area contributed by atoms with E-state index in [-0.39, 0.29) is 17.8 Å². The van der Waals surface area contributed by atoms with Crippen molar-refractivity contribution in [3.63, 3.8) is 0 Å². The fraction of sp³-hybridized carbons (Fsp3) is 0.500. The third-order valence-corrected chi connectivity index (χ3v) is 4.15. The van der Waals surface area contributed by atoms with Crippen LogP contribution in [0.1, 0.15) is 26.7 Å². The normalized spacial score (nSPS) is 20.2. The van der Waals surface area contributed by atoms with Gasteiger partial charge in [-0.2, -0.15) is 0 Å². The molecule has 92 valence electrons. The molecule has 1 aromatic carbocycles. The van der Waals surface area contributed by atoms with Gasteiger partial charge >= 0.3 is 0 Å². The smallest absolute Gasteiger partial charge is 0.176 e. The number of hydrogen-bond acceptors (Lipinski definition) is 3. The first kappa shape index (κ1) is 12.5. The zero-order valence-corrected chi connectivity index (χ0v) is 11.1. The molecule has 0 N–H and O–H groups in total. The summed E-state index contributed by atoms with van der Waals surface area (Å²) in [7, 11) is 0. The molecule has 0 spiro atoms. The van der Waals surface area contributed by atoms with Crippen molar-refractivity contribution in [2.75, 3.05) is 5.75 Å². The average Bonchev–Trinajstić information content (AvgIpc) is 2.37. The van der Waals surface area contributed by atoms with Crippen molar-refractivity contribution in [1.29, 1.82) is 0 Å². The zero-order valence-electron chi connectivity index (χ0n) is 10.3. The first-order valence-corrected chi connectivity index (χ1v) is 7.13. The lowest BCUT2D eigenvalue weighted by Gasteiger charge is -2.26. The number of fused-ring (bicyclic) bond motifs is 1. The van der Waals surface area contributed by atoms with E-state index < -0.39 is 0 Å². The van der Waals surface area contributed by atoms with E-state index in [1.165, 1.54) is 0 Å². The number of para-hydroxylation sites is 1. The van der Waals surface area contributed by atoms with Crippen molar-refractivity contribution in [2.24, 2.45) is 5.92 Å². The van der Waals surface area contributed by atoms with Crippen molar-refractivity contribution >= 4 is 17.5 Å². The minimum absolute atomic E-state index is 0.107. The molecule has 0 fully saturated rings. The number of carbonyl (C=O) groups excluding carboxylic acids is 1. The summed E-state index contributed by atoms with van der Waals surface area (Å²) in [5.41, 5.74) is 0. The van der Waals surface area contributed by atoms with Gasteiger partial charge in [0.05, 0.1) is 0 Å². The van der Waals surface area contributed by atoms with E-state index in [2.05, 4.69) is 6.92 Å². The first-order chi connectivity index (χ1) is 8.22. The number of thioether (sulfide) groups is 1. The SMILES string of the molecule is CCCC(C)C(=O)C1CSc2ccccc2O1. The highest BCUT2D eigenvalue weighted by Crippen LogP contribution is 2.35. The molecule has 2 unspecified atom stereocenters. The topological polar surface area (TPSA) is 26.3 Å². The molecule has 17 heavy (non-hydrogen) atoms. The van der Waals surface area contributed by atoms with Gasteiger partial charge in [0.1, 0.15) is 5.75 Å². The summed E-state index contributed by atoms with van der Waals surface area (Å²) in [6, 6.07) is 7.92. The number of ketones is 1. The van der Waals surface area contributed by atoms with Crippen LogP contribution in [0.5, 0.6) is 5.75 Å². The Bertz CT molecular complexity index is 403. The number of benzene rings is 1. The summed E-state index contributed by atoms with van der Waals surface area (Å²) in [5, 5.41) is 0. The minimum Gasteiger partial charge on any atom is -0.481 e. The minimum atomic E-state index is -0.267. The van der Waals surface area contributed by atoms with Crippen LogP contribution in [0.25, 0.3) is 0 Å². The molecule has 0 saturated heterocycles. The first-order valence-electron chi connectivity index (χ1n) is 6.14. The molecule has 2 rings (SSSR count). The molecule has 0 aliphatic carbocycles. The van der Waals surface area contributed by atoms with Crippen LogP contribution < -0.4 is 4.74 Å². The predicted molar refractivity (Wildman–Crippen MR) is 70.7 cm³/mol. The molecule has 1 heterocycles. The number of carbonyl (C=O) groups is 1. The monoisotopic (exact) mass is 250 g/mol. The van der Waals surface area contributed by atoms with Gasteiger partial charge in [0.15, 0.2) is 11.9 Å². The summed E-state index contributed by atoms with van der Waals surface area (Å²) in [6.45, 7) is 4.11. The van der Waals surface area contributed by atoms with Gasteiger partial charge in [-0.05, 0) is 18.6 Å². The molecule has 2 atom stereocenters. The second-order valence-corrected chi connectivity index (χ2v) is 5.52. The van der Waals surface area contributed by atoms with Crippen LogP contribution in [0, 0.1) is 5.92 Å². The lowest BCUT2D eigenvalue weighted by molar-refractivity contribution is -0.128. The van der Waals surface area contributed by atoms with E-state index in [9.17, 15) is 4.79 Å². The van der Waals surface area contributed by atoms with Gasteiger partial charge in [0.2, 0.25) is 0 Å². The largest absolute Gasteiger partial charge is 0.481 e. The highest BCUT2D eigenvalue weighted by Gasteiger charge is 2.29. The van der Waals surface area contributed by atoms with E-state index in [0.29, 0.717) is 0 Å².